The van der Waals surface area contributed by atoms with Gasteiger partial charge in [0.1, 0.15) is 0 Å². The number of hydrogen-bond acceptors (Lipinski definition) is 5. The Kier molecular flexibility index (Phi) is 3.85. The van der Waals surface area contributed by atoms with E-state index in [1.165, 1.54) is 24.4 Å². The number of rotatable bonds is 4. The van der Waals surface area contributed by atoms with Crippen LogP contribution in [0.5, 0.6) is 0 Å². The lowest BCUT2D eigenvalue weighted by Gasteiger charge is -2.21. The molecule has 1 aromatic heterocycles. The van der Waals surface area contributed by atoms with Crippen LogP contribution in [0.15, 0.2) is 5.38 Å². The molecular formula is C9H15N3OS. The normalized spacial score (nSPS) is 18.6. The average molecular weight is 213 g/mol. The largest absolute Gasteiger partial charge is 0.381 e. The first-order valence-corrected chi connectivity index (χ1v) is 5.83. The number of aromatic nitrogens is 2. The van der Waals surface area contributed by atoms with E-state index < -0.39 is 0 Å². The molecular weight excluding hydrogens is 198 g/mol. The van der Waals surface area contributed by atoms with Crippen LogP contribution in [-0.2, 0) is 11.3 Å². The molecule has 1 saturated heterocycles. The highest BCUT2D eigenvalue weighted by molar-refractivity contribution is 7.03. The van der Waals surface area contributed by atoms with Crippen LogP contribution in [0.3, 0.4) is 0 Å². The van der Waals surface area contributed by atoms with E-state index in [1.807, 2.05) is 5.38 Å². The smallest absolute Gasteiger partial charge is 0.0893 e. The van der Waals surface area contributed by atoms with Crippen molar-refractivity contribution in [3.05, 3.63) is 11.1 Å². The summed E-state index contributed by atoms with van der Waals surface area (Å²) in [6.07, 6.45) is 2.37. The van der Waals surface area contributed by atoms with Crippen LogP contribution >= 0.6 is 11.5 Å². The minimum Gasteiger partial charge on any atom is -0.381 e. The molecule has 5 heteroatoms. The van der Waals surface area contributed by atoms with Crippen LogP contribution in [0.25, 0.3) is 0 Å². The van der Waals surface area contributed by atoms with E-state index in [4.69, 9.17) is 4.74 Å². The van der Waals surface area contributed by atoms with Crippen LogP contribution in [0.1, 0.15) is 18.5 Å². The van der Waals surface area contributed by atoms with Crippen LogP contribution in [-0.4, -0.2) is 29.3 Å². The molecule has 0 aromatic carbocycles. The van der Waals surface area contributed by atoms with Crippen LogP contribution in [0.2, 0.25) is 0 Å². The second-order valence-corrected chi connectivity index (χ2v) is 4.19. The van der Waals surface area contributed by atoms with Gasteiger partial charge in [-0.25, -0.2) is 0 Å². The minimum atomic E-state index is 0.773. The second-order valence-electron chi connectivity index (χ2n) is 3.58. The first-order valence-electron chi connectivity index (χ1n) is 4.99. The molecule has 1 aliphatic heterocycles. The maximum absolute atomic E-state index is 5.30. The zero-order valence-electron chi connectivity index (χ0n) is 8.11. The molecule has 2 heterocycles. The fourth-order valence-electron chi connectivity index (χ4n) is 1.62. The molecule has 1 aromatic rings. The van der Waals surface area contributed by atoms with E-state index in [0.29, 0.717) is 0 Å². The monoisotopic (exact) mass is 213 g/mol. The summed E-state index contributed by atoms with van der Waals surface area (Å²) >= 11 is 1.40. The topological polar surface area (TPSA) is 47.0 Å². The van der Waals surface area contributed by atoms with E-state index in [0.717, 1.165) is 37.9 Å². The highest BCUT2D eigenvalue weighted by Gasteiger charge is 2.12. The van der Waals surface area contributed by atoms with Gasteiger partial charge < -0.3 is 10.1 Å². The van der Waals surface area contributed by atoms with Gasteiger partial charge in [-0.1, -0.05) is 4.49 Å². The molecule has 4 nitrogen and oxygen atoms in total. The Labute approximate surface area is 87.8 Å². The predicted octanol–water partition coefficient (Wildman–Crippen LogP) is 1.05. The summed E-state index contributed by atoms with van der Waals surface area (Å²) in [4.78, 5) is 0. The second kappa shape index (κ2) is 5.38. The Balaban J connectivity index is 1.62. The molecule has 1 aliphatic rings. The number of nitrogens with zero attached hydrogens (tertiary/aromatic N) is 2. The molecule has 0 unspecified atom stereocenters. The van der Waals surface area contributed by atoms with Crippen molar-refractivity contribution in [2.24, 2.45) is 5.92 Å². The van der Waals surface area contributed by atoms with Gasteiger partial charge in [0.15, 0.2) is 0 Å². The Morgan fingerprint density at radius 2 is 2.36 bits per heavy atom. The van der Waals surface area contributed by atoms with Gasteiger partial charge >= 0.3 is 0 Å². The molecule has 78 valence electrons. The summed E-state index contributed by atoms with van der Waals surface area (Å²) < 4.78 is 9.12. The fraction of sp³-hybridized carbons (Fsp3) is 0.778. The van der Waals surface area contributed by atoms with E-state index in [9.17, 15) is 0 Å². The highest BCUT2D eigenvalue weighted by atomic mass is 32.1. The van der Waals surface area contributed by atoms with Crippen LogP contribution in [0, 0.1) is 5.92 Å². The summed E-state index contributed by atoms with van der Waals surface area (Å²) in [5.74, 6) is 0.773. The van der Waals surface area contributed by atoms with Gasteiger partial charge in [-0.15, -0.1) is 5.10 Å². The molecule has 0 spiro atoms. The Bertz CT molecular complexity index is 247. The molecule has 0 bridgehead atoms. The average Bonchev–Trinajstić information content (AvgIpc) is 2.72. The fourth-order valence-corrected chi connectivity index (χ4v) is 2.07. The van der Waals surface area contributed by atoms with Crippen molar-refractivity contribution in [2.75, 3.05) is 19.8 Å². The Morgan fingerprint density at radius 3 is 3.07 bits per heavy atom. The van der Waals surface area contributed by atoms with Crippen molar-refractivity contribution in [1.82, 2.24) is 14.9 Å². The quantitative estimate of drug-likeness (QED) is 0.812. The molecule has 2 rings (SSSR count). The maximum atomic E-state index is 5.30. The third-order valence-electron chi connectivity index (χ3n) is 2.49. The molecule has 1 fully saturated rings. The third kappa shape index (κ3) is 3.01. The first-order chi connectivity index (χ1) is 6.95. The van der Waals surface area contributed by atoms with E-state index in [1.54, 1.807) is 0 Å². The standard InChI is InChI=1S/C9H15N3OS/c1-3-13-4-2-8(1)5-10-6-9-7-14-12-11-9/h7-8,10H,1-6H2. The summed E-state index contributed by atoms with van der Waals surface area (Å²) in [6.45, 7) is 3.75. The van der Waals surface area contributed by atoms with Gasteiger partial charge in [0, 0.05) is 25.1 Å². The highest BCUT2D eigenvalue weighted by Crippen LogP contribution is 2.13. The van der Waals surface area contributed by atoms with Gasteiger partial charge in [0.2, 0.25) is 0 Å². The van der Waals surface area contributed by atoms with Gasteiger partial charge in [-0.2, -0.15) is 0 Å². The lowest BCUT2D eigenvalue weighted by atomic mass is 10.0. The zero-order valence-corrected chi connectivity index (χ0v) is 8.92. The zero-order chi connectivity index (χ0) is 9.64. The van der Waals surface area contributed by atoms with Crippen molar-refractivity contribution < 1.29 is 4.74 Å². The SMILES string of the molecule is c1snnc1CNCC1CCOCC1. The Hall–Kier alpha value is -0.520. The Morgan fingerprint density at radius 1 is 1.50 bits per heavy atom. The minimum absolute atomic E-state index is 0.773. The number of nitrogens with one attached hydrogen (secondary N) is 1. The van der Waals surface area contributed by atoms with Crippen LogP contribution in [0.4, 0.5) is 0 Å². The van der Waals surface area contributed by atoms with Crippen molar-refractivity contribution in [3.63, 3.8) is 0 Å². The third-order valence-corrected chi connectivity index (χ3v) is 3.04. The van der Waals surface area contributed by atoms with Gasteiger partial charge in [0.05, 0.1) is 5.69 Å². The molecule has 0 aliphatic carbocycles. The first kappa shape index (κ1) is 10.0. The molecule has 1 N–H and O–H groups in total. The number of ether oxygens (including phenoxy) is 1. The van der Waals surface area contributed by atoms with E-state index in [2.05, 4.69) is 14.9 Å². The van der Waals surface area contributed by atoms with E-state index >= 15 is 0 Å². The summed E-state index contributed by atoms with van der Waals surface area (Å²) in [6, 6.07) is 0. The van der Waals surface area contributed by atoms with Gasteiger partial charge in [-0.3, -0.25) is 0 Å². The molecule has 0 saturated carbocycles. The van der Waals surface area contributed by atoms with Gasteiger partial charge in [0.25, 0.3) is 0 Å². The predicted molar refractivity (Wildman–Crippen MR) is 55.2 cm³/mol. The molecule has 0 atom stereocenters. The van der Waals surface area contributed by atoms with Crippen molar-refractivity contribution in [2.45, 2.75) is 19.4 Å². The maximum Gasteiger partial charge on any atom is 0.0893 e. The molecule has 0 amide bonds. The lowest BCUT2D eigenvalue weighted by molar-refractivity contribution is 0.0662. The summed E-state index contributed by atoms with van der Waals surface area (Å²) in [7, 11) is 0. The van der Waals surface area contributed by atoms with Crippen LogP contribution < -0.4 is 5.32 Å². The van der Waals surface area contributed by atoms with E-state index in [-0.39, 0.29) is 0 Å². The van der Waals surface area contributed by atoms with Gasteiger partial charge in [-0.05, 0) is 36.8 Å². The van der Waals surface area contributed by atoms with Crippen molar-refractivity contribution in [1.29, 1.82) is 0 Å². The van der Waals surface area contributed by atoms with Crippen molar-refractivity contribution >= 4 is 11.5 Å². The molecule has 0 radical (unpaired) electrons. The summed E-state index contributed by atoms with van der Waals surface area (Å²) in [5.41, 5.74) is 1.04. The molecule has 14 heavy (non-hydrogen) atoms. The lowest BCUT2D eigenvalue weighted by Crippen LogP contribution is -2.27. The van der Waals surface area contributed by atoms with Crippen molar-refractivity contribution in [3.8, 4) is 0 Å². The summed E-state index contributed by atoms with van der Waals surface area (Å²) in [5, 5.41) is 9.37. The number of hydrogen-bond donors (Lipinski definition) is 1.